The van der Waals surface area contributed by atoms with Crippen LogP contribution in [-0.4, -0.2) is 37.5 Å². The van der Waals surface area contributed by atoms with Crippen LogP contribution in [0.1, 0.15) is 24.3 Å². The number of benzene rings is 1. The molecule has 0 radical (unpaired) electrons. The van der Waals surface area contributed by atoms with Crippen LogP contribution in [0.2, 0.25) is 0 Å². The van der Waals surface area contributed by atoms with Gasteiger partial charge in [-0.05, 0) is 56.0 Å². The Bertz CT molecular complexity index is 488. The lowest BCUT2D eigenvalue weighted by Crippen LogP contribution is -2.31. The van der Waals surface area contributed by atoms with Gasteiger partial charge in [0.05, 0.1) is 0 Å². The summed E-state index contributed by atoms with van der Waals surface area (Å²) in [5.74, 6) is 1.08. The van der Waals surface area contributed by atoms with Crippen LogP contribution in [0.4, 0.5) is 4.39 Å². The molecule has 20 heavy (non-hydrogen) atoms. The van der Waals surface area contributed by atoms with Gasteiger partial charge in [0.25, 0.3) is 0 Å². The molecule has 1 amide bonds. The Morgan fingerprint density at radius 3 is 2.85 bits per heavy atom. The van der Waals surface area contributed by atoms with E-state index in [0.29, 0.717) is 11.8 Å². The molecule has 1 saturated heterocycles. The lowest BCUT2D eigenvalue weighted by molar-refractivity contribution is -0.131. The molecular formula is C16H21FN2O. The van der Waals surface area contributed by atoms with Crippen molar-refractivity contribution >= 4 is 5.91 Å². The predicted octanol–water partition coefficient (Wildman–Crippen LogP) is 2.00. The summed E-state index contributed by atoms with van der Waals surface area (Å²) in [7, 11) is 1.95. The van der Waals surface area contributed by atoms with Crippen LogP contribution in [0.3, 0.4) is 0 Å². The van der Waals surface area contributed by atoms with Crippen molar-refractivity contribution in [1.82, 2.24) is 10.2 Å². The van der Waals surface area contributed by atoms with Gasteiger partial charge in [0.15, 0.2) is 0 Å². The highest BCUT2D eigenvalue weighted by Gasteiger charge is 2.46. The molecule has 108 valence electrons. The highest BCUT2D eigenvalue weighted by atomic mass is 19.1. The second-order valence-corrected chi connectivity index (χ2v) is 6.00. The van der Waals surface area contributed by atoms with Gasteiger partial charge in [0.1, 0.15) is 5.82 Å². The lowest BCUT2D eigenvalue weighted by atomic mass is 10.1. The van der Waals surface area contributed by atoms with Gasteiger partial charge >= 0.3 is 0 Å². The van der Waals surface area contributed by atoms with Crippen LogP contribution in [0, 0.1) is 17.7 Å². The van der Waals surface area contributed by atoms with Gasteiger partial charge in [-0.25, -0.2) is 4.39 Å². The number of rotatable bonds is 4. The highest BCUT2D eigenvalue weighted by molar-refractivity contribution is 5.83. The van der Waals surface area contributed by atoms with E-state index < -0.39 is 0 Å². The van der Waals surface area contributed by atoms with Crippen LogP contribution in [0.15, 0.2) is 24.3 Å². The van der Waals surface area contributed by atoms with E-state index >= 15 is 0 Å². The van der Waals surface area contributed by atoms with Crippen molar-refractivity contribution in [1.29, 1.82) is 0 Å². The van der Waals surface area contributed by atoms with Gasteiger partial charge < -0.3 is 10.2 Å². The molecule has 1 aliphatic carbocycles. The van der Waals surface area contributed by atoms with Crippen LogP contribution < -0.4 is 5.32 Å². The number of hydrogen-bond acceptors (Lipinski definition) is 2. The maximum Gasteiger partial charge on any atom is 0.226 e. The highest BCUT2D eigenvalue weighted by Crippen LogP contribution is 2.48. The van der Waals surface area contributed by atoms with E-state index in [9.17, 15) is 9.18 Å². The third-order valence-electron chi connectivity index (χ3n) is 4.50. The monoisotopic (exact) mass is 276 g/mol. The molecule has 1 heterocycles. The van der Waals surface area contributed by atoms with Gasteiger partial charge in [0, 0.05) is 19.0 Å². The number of nitrogens with zero attached hydrogens (tertiary/aromatic N) is 1. The zero-order valence-corrected chi connectivity index (χ0v) is 11.8. The molecule has 1 aliphatic heterocycles. The van der Waals surface area contributed by atoms with Crippen molar-refractivity contribution in [2.45, 2.75) is 18.8 Å². The molecule has 2 fully saturated rings. The van der Waals surface area contributed by atoms with Crippen molar-refractivity contribution in [3.8, 4) is 0 Å². The fraction of sp³-hybridized carbons (Fsp3) is 0.562. The standard InChI is InChI=1S/C16H21FN2O/c1-18-9-11-6-7-19(10-11)16(20)15-8-14(15)12-2-4-13(17)5-3-12/h2-5,11,14-15,18H,6-10H2,1H3/t11-,14+,15+/m0/s1. The second kappa shape index (κ2) is 5.52. The van der Waals surface area contributed by atoms with Crippen LogP contribution in [0.5, 0.6) is 0 Å². The van der Waals surface area contributed by atoms with E-state index in [4.69, 9.17) is 0 Å². The minimum atomic E-state index is -0.216. The first-order chi connectivity index (χ1) is 9.69. The molecule has 0 bridgehead atoms. The number of amides is 1. The lowest BCUT2D eigenvalue weighted by Gasteiger charge is -2.16. The van der Waals surface area contributed by atoms with E-state index in [1.165, 1.54) is 12.1 Å². The van der Waals surface area contributed by atoms with Gasteiger partial charge in [-0.3, -0.25) is 4.79 Å². The molecule has 3 nitrogen and oxygen atoms in total. The summed E-state index contributed by atoms with van der Waals surface area (Å²) in [6, 6.07) is 6.57. The first-order valence-corrected chi connectivity index (χ1v) is 7.38. The first-order valence-electron chi connectivity index (χ1n) is 7.38. The normalized spacial score (nSPS) is 28.7. The molecule has 1 saturated carbocycles. The van der Waals surface area contributed by atoms with Crippen LogP contribution >= 0.6 is 0 Å². The van der Waals surface area contributed by atoms with Crippen molar-refractivity contribution < 1.29 is 9.18 Å². The molecule has 3 atom stereocenters. The number of nitrogens with one attached hydrogen (secondary N) is 1. The Morgan fingerprint density at radius 2 is 2.15 bits per heavy atom. The number of halogens is 1. The molecule has 0 spiro atoms. The fourth-order valence-corrected chi connectivity index (χ4v) is 3.27. The second-order valence-electron chi connectivity index (χ2n) is 6.00. The SMILES string of the molecule is CNC[C@@H]1CCN(C(=O)[C@@H]2C[C@@H]2c2ccc(F)cc2)C1. The maximum atomic E-state index is 12.9. The zero-order valence-electron chi connectivity index (χ0n) is 11.8. The smallest absolute Gasteiger partial charge is 0.226 e. The first kappa shape index (κ1) is 13.6. The van der Waals surface area contributed by atoms with E-state index in [0.717, 1.165) is 38.0 Å². The Kier molecular flexibility index (Phi) is 3.74. The molecule has 2 aliphatic rings. The van der Waals surface area contributed by atoms with E-state index in [1.807, 2.05) is 11.9 Å². The van der Waals surface area contributed by atoms with Crippen LogP contribution in [-0.2, 0) is 4.79 Å². The minimum absolute atomic E-state index is 0.119. The summed E-state index contributed by atoms with van der Waals surface area (Å²) >= 11 is 0. The molecule has 1 aromatic carbocycles. The topological polar surface area (TPSA) is 32.3 Å². The van der Waals surface area contributed by atoms with E-state index in [1.54, 1.807) is 12.1 Å². The summed E-state index contributed by atoms with van der Waals surface area (Å²) in [4.78, 5) is 14.4. The minimum Gasteiger partial charge on any atom is -0.342 e. The average Bonchev–Trinajstić information content (AvgIpc) is 3.11. The summed E-state index contributed by atoms with van der Waals surface area (Å²) in [5, 5.41) is 3.18. The molecule has 0 aromatic heterocycles. The molecule has 1 N–H and O–H groups in total. The summed E-state index contributed by atoms with van der Waals surface area (Å²) in [6.45, 7) is 2.75. The van der Waals surface area contributed by atoms with Crippen molar-refractivity contribution in [3.63, 3.8) is 0 Å². The Labute approximate surface area is 119 Å². The van der Waals surface area contributed by atoms with Crippen molar-refractivity contribution in [3.05, 3.63) is 35.6 Å². The number of likely N-dealkylation sites (tertiary alicyclic amines) is 1. The molecule has 4 heteroatoms. The largest absolute Gasteiger partial charge is 0.342 e. The van der Waals surface area contributed by atoms with Crippen molar-refractivity contribution in [2.75, 3.05) is 26.7 Å². The summed E-state index contributed by atoms with van der Waals surface area (Å²) < 4.78 is 12.9. The van der Waals surface area contributed by atoms with Crippen molar-refractivity contribution in [2.24, 2.45) is 11.8 Å². The number of carbonyl (C=O) groups is 1. The average molecular weight is 276 g/mol. The molecule has 1 aromatic rings. The van der Waals surface area contributed by atoms with Gasteiger partial charge in [-0.2, -0.15) is 0 Å². The van der Waals surface area contributed by atoms with Gasteiger partial charge in [-0.1, -0.05) is 12.1 Å². The van der Waals surface area contributed by atoms with Crippen LogP contribution in [0.25, 0.3) is 0 Å². The summed E-state index contributed by atoms with van der Waals surface area (Å²) in [6.07, 6.45) is 2.01. The van der Waals surface area contributed by atoms with Gasteiger partial charge in [0.2, 0.25) is 5.91 Å². The van der Waals surface area contributed by atoms with Gasteiger partial charge in [-0.15, -0.1) is 0 Å². The third-order valence-corrected chi connectivity index (χ3v) is 4.50. The molecule has 0 unspecified atom stereocenters. The fourth-order valence-electron chi connectivity index (χ4n) is 3.27. The zero-order chi connectivity index (χ0) is 14.1. The number of hydrogen-bond donors (Lipinski definition) is 1. The molecular weight excluding hydrogens is 255 g/mol. The third kappa shape index (κ3) is 2.70. The Balaban J connectivity index is 1.56. The summed E-state index contributed by atoms with van der Waals surface area (Å²) in [5.41, 5.74) is 1.09. The predicted molar refractivity (Wildman–Crippen MR) is 75.9 cm³/mol. The maximum absolute atomic E-state index is 12.9. The quantitative estimate of drug-likeness (QED) is 0.912. The molecule has 3 rings (SSSR count). The van der Waals surface area contributed by atoms with E-state index in [-0.39, 0.29) is 17.6 Å². The Morgan fingerprint density at radius 1 is 1.40 bits per heavy atom. The Hall–Kier alpha value is -1.42. The number of carbonyl (C=O) groups excluding carboxylic acids is 1. The van der Waals surface area contributed by atoms with E-state index in [2.05, 4.69) is 5.32 Å².